The first-order valence-electron chi connectivity index (χ1n) is 6.70. The van der Waals surface area contributed by atoms with Crippen LogP contribution in [-0.4, -0.2) is 0 Å². The van der Waals surface area contributed by atoms with Gasteiger partial charge in [0.2, 0.25) is 0 Å². The highest BCUT2D eigenvalue weighted by Crippen LogP contribution is 2.46. The second-order valence-corrected chi connectivity index (χ2v) is 5.63. The van der Waals surface area contributed by atoms with Crippen LogP contribution in [0.4, 0.5) is 11.4 Å². The van der Waals surface area contributed by atoms with E-state index >= 15 is 0 Å². The van der Waals surface area contributed by atoms with E-state index < -0.39 is 0 Å². The van der Waals surface area contributed by atoms with Crippen molar-refractivity contribution in [2.45, 2.75) is 34.1 Å². The molecule has 0 atom stereocenters. The number of nitrogens with two attached hydrogens (primary N) is 2. The molecule has 19 heavy (non-hydrogen) atoms. The SMILES string of the molecule is Cc1c(C)c2c(c(C)c1N)-c1c(ccc(N)c1C)C2. The summed E-state index contributed by atoms with van der Waals surface area (Å²) in [5, 5.41) is 0. The van der Waals surface area contributed by atoms with E-state index in [-0.39, 0.29) is 0 Å². The first-order valence-corrected chi connectivity index (χ1v) is 6.70. The minimum atomic E-state index is 0.864. The van der Waals surface area contributed by atoms with Gasteiger partial charge in [0.15, 0.2) is 0 Å². The molecule has 0 fully saturated rings. The molecule has 0 saturated carbocycles. The van der Waals surface area contributed by atoms with Crippen molar-refractivity contribution in [1.82, 2.24) is 0 Å². The summed E-state index contributed by atoms with van der Waals surface area (Å²) in [6.45, 7) is 8.52. The van der Waals surface area contributed by atoms with Gasteiger partial charge in [0.1, 0.15) is 0 Å². The van der Waals surface area contributed by atoms with Crippen molar-refractivity contribution in [3.8, 4) is 11.1 Å². The van der Waals surface area contributed by atoms with Gasteiger partial charge < -0.3 is 11.5 Å². The summed E-state index contributed by atoms with van der Waals surface area (Å²) >= 11 is 0. The van der Waals surface area contributed by atoms with Crippen LogP contribution in [0.15, 0.2) is 12.1 Å². The van der Waals surface area contributed by atoms with Crippen molar-refractivity contribution >= 4 is 11.4 Å². The lowest BCUT2D eigenvalue weighted by Gasteiger charge is -2.17. The van der Waals surface area contributed by atoms with E-state index in [1.165, 1.54) is 44.5 Å². The maximum absolute atomic E-state index is 6.27. The van der Waals surface area contributed by atoms with Crippen LogP contribution < -0.4 is 11.5 Å². The summed E-state index contributed by atoms with van der Waals surface area (Å²) in [5.41, 5.74) is 24.5. The Morgan fingerprint density at radius 1 is 0.789 bits per heavy atom. The molecule has 2 aromatic rings. The minimum absolute atomic E-state index is 0.864. The Balaban J connectivity index is 2.45. The molecule has 2 heteroatoms. The number of anilines is 2. The van der Waals surface area contributed by atoms with Crippen molar-refractivity contribution in [1.29, 1.82) is 0 Å². The lowest BCUT2D eigenvalue weighted by atomic mass is 9.90. The zero-order valence-corrected chi connectivity index (χ0v) is 12.0. The minimum Gasteiger partial charge on any atom is -0.398 e. The molecule has 2 aromatic carbocycles. The van der Waals surface area contributed by atoms with Crippen LogP contribution in [0.1, 0.15) is 33.4 Å². The summed E-state index contributed by atoms with van der Waals surface area (Å²) in [6, 6.07) is 4.17. The van der Waals surface area contributed by atoms with E-state index in [0.717, 1.165) is 17.8 Å². The predicted octanol–water partition coefficient (Wildman–Crippen LogP) is 3.66. The molecule has 0 unspecified atom stereocenters. The molecule has 3 rings (SSSR count). The first kappa shape index (κ1) is 12.1. The van der Waals surface area contributed by atoms with Gasteiger partial charge >= 0.3 is 0 Å². The fourth-order valence-electron chi connectivity index (χ4n) is 3.29. The molecule has 0 amide bonds. The quantitative estimate of drug-likeness (QED) is 0.600. The van der Waals surface area contributed by atoms with Crippen LogP contribution in [0.5, 0.6) is 0 Å². The van der Waals surface area contributed by atoms with Gasteiger partial charge in [0.05, 0.1) is 0 Å². The van der Waals surface area contributed by atoms with Crippen LogP contribution in [0.25, 0.3) is 11.1 Å². The molecule has 1 aliphatic carbocycles. The van der Waals surface area contributed by atoms with Gasteiger partial charge in [-0.2, -0.15) is 0 Å². The second kappa shape index (κ2) is 3.77. The zero-order valence-electron chi connectivity index (χ0n) is 12.0. The van der Waals surface area contributed by atoms with Crippen molar-refractivity contribution < 1.29 is 0 Å². The summed E-state index contributed by atoms with van der Waals surface area (Å²) < 4.78 is 0. The van der Waals surface area contributed by atoms with Crippen molar-refractivity contribution in [2.75, 3.05) is 11.5 Å². The first-order chi connectivity index (χ1) is 8.93. The average molecular weight is 252 g/mol. The normalized spacial score (nSPS) is 12.4. The zero-order chi connectivity index (χ0) is 13.9. The van der Waals surface area contributed by atoms with E-state index in [9.17, 15) is 0 Å². The molecule has 1 aliphatic rings. The lowest BCUT2D eigenvalue weighted by molar-refractivity contribution is 1.18. The Labute approximate surface area is 114 Å². The number of hydrogen-bond donors (Lipinski definition) is 2. The molecule has 0 bridgehead atoms. The summed E-state index contributed by atoms with van der Waals surface area (Å²) in [5.74, 6) is 0. The van der Waals surface area contributed by atoms with Crippen LogP contribution in [0, 0.1) is 27.7 Å². The molecule has 0 saturated heterocycles. The van der Waals surface area contributed by atoms with E-state index in [2.05, 4.69) is 33.8 Å². The van der Waals surface area contributed by atoms with Gasteiger partial charge in [-0.05, 0) is 84.7 Å². The van der Waals surface area contributed by atoms with Gasteiger partial charge in [-0.25, -0.2) is 0 Å². The Kier molecular flexibility index (Phi) is 2.40. The highest BCUT2D eigenvalue weighted by atomic mass is 14.6. The Morgan fingerprint density at radius 3 is 2.16 bits per heavy atom. The van der Waals surface area contributed by atoms with Gasteiger partial charge in [-0.1, -0.05) is 6.07 Å². The Hall–Kier alpha value is -1.96. The standard InChI is InChI=1S/C17H20N2/c1-8-9(2)17(19)11(4)16-13(8)7-12-5-6-14(18)10(3)15(12)16/h5-6H,7,18-19H2,1-4H3. The third-order valence-electron chi connectivity index (χ3n) is 4.71. The van der Waals surface area contributed by atoms with E-state index in [1.807, 2.05) is 6.07 Å². The summed E-state index contributed by atoms with van der Waals surface area (Å²) in [6.07, 6.45) is 1.000. The fraction of sp³-hybridized carbons (Fsp3) is 0.294. The fourth-order valence-corrected chi connectivity index (χ4v) is 3.29. The van der Waals surface area contributed by atoms with Crippen molar-refractivity contribution in [3.05, 3.63) is 45.5 Å². The number of rotatable bonds is 0. The summed E-state index contributed by atoms with van der Waals surface area (Å²) in [7, 11) is 0. The number of nitrogen functional groups attached to an aromatic ring is 2. The third kappa shape index (κ3) is 1.43. The number of fused-ring (bicyclic) bond motifs is 3. The van der Waals surface area contributed by atoms with Crippen LogP contribution in [-0.2, 0) is 6.42 Å². The predicted molar refractivity (Wildman–Crippen MR) is 82.5 cm³/mol. The smallest absolute Gasteiger partial charge is 0.0382 e. The highest BCUT2D eigenvalue weighted by Gasteiger charge is 2.26. The molecule has 98 valence electrons. The van der Waals surface area contributed by atoms with Crippen LogP contribution >= 0.6 is 0 Å². The average Bonchev–Trinajstić information content (AvgIpc) is 2.78. The van der Waals surface area contributed by atoms with Gasteiger partial charge in [0, 0.05) is 11.4 Å². The number of hydrogen-bond acceptors (Lipinski definition) is 2. The molecular weight excluding hydrogens is 232 g/mol. The lowest BCUT2D eigenvalue weighted by Crippen LogP contribution is -2.01. The molecular formula is C17H20N2. The molecule has 2 nitrogen and oxygen atoms in total. The number of benzene rings is 2. The van der Waals surface area contributed by atoms with Crippen LogP contribution in [0.3, 0.4) is 0 Å². The maximum Gasteiger partial charge on any atom is 0.0382 e. The molecule has 4 N–H and O–H groups in total. The second-order valence-electron chi connectivity index (χ2n) is 5.63. The van der Waals surface area contributed by atoms with Gasteiger partial charge in [-0.3, -0.25) is 0 Å². The molecule has 0 aliphatic heterocycles. The molecule has 0 spiro atoms. The molecule has 0 aromatic heterocycles. The third-order valence-corrected chi connectivity index (χ3v) is 4.71. The van der Waals surface area contributed by atoms with Gasteiger partial charge in [0.25, 0.3) is 0 Å². The molecule has 0 radical (unpaired) electrons. The maximum atomic E-state index is 6.27. The van der Waals surface area contributed by atoms with E-state index in [4.69, 9.17) is 11.5 Å². The van der Waals surface area contributed by atoms with E-state index in [0.29, 0.717) is 0 Å². The molecule has 0 heterocycles. The Morgan fingerprint density at radius 2 is 1.47 bits per heavy atom. The van der Waals surface area contributed by atoms with Gasteiger partial charge in [-0.15, -0.1) is 0 Å². The Bertz CT molecular complexity index is 712. The largest absolute Gasteiger partial charge is 0.398 e. The van der Waals surface area contributed by atoms with Crippen LogP contribution in [0.2, 0.25) is 0 Å². The van der Waals surface area contributed by atoms with E-state index in [1.54, 1.807) is 0 Å². The van der Waals surface area contributed by atoms with Crippen molar-refractivity contribution in [3.63, 3.8) is 0 Å². The monoisotopic (exact) mass is 252 g/mol. The summed E-state index contributed by atoms with van der Waals surface area (Å²) in [4.78, 5) is 0. The van der Waals surface area contributed by atoms with Crippen molar-refractivity contribution in [2.24, 2.45) is 0 Å². The highest BCUT2D eigenvalue weighted by molar-refractivity contribution is 5.89. The topological polar surface area (TPSA) is 52.0 Å².